The maximum atomic E-state index is 11.9. The second kappa shape index (κ2) is 8.80. The summed E-state index contributed by atoms with van der Waals surface area (Å²) in [5.74, 6) is 0.213. The molecule has 0 aromatic heterocycles. The van der Waals surface area contributed by atoms with Gasteiger partial charge in [-0.1, -0.05) is 37.9 Å². The van der Waals surface area contributed by atoms with Crippen LogP contribution in [0.4, 0.5) is 0 Å². The monoisotopic (exact) mass is 404 g/mol. The molecule has 1 rings (SSSR count). The van der Waals surface area contributed by atoms with Gasteiger partial charge in [-0.05, 0) is 38.5 Å². The van der Waals surface area contributed by atoms with Gasteiger partial charge in [0.1, 0.15) is 0 Å². The molecule has 0 saturated carbocycles. The first-order valence-electron chi connectivity index (χ1n) is 6.95. The number of amides is 1. The summed E-state index contributed by atoms with van der Waals surface area (Å²) in [4.78, 5) is 13.8. The van der Waals surface area contributed by atoms with E-state index in [-0.39, 0.29) is 11.9 Å². The summed E-state index contributed by atoms with van der Waals surface area (Å²) in [6.45, 7) is 8.38. The van der Waals surface area contributed by atoms with Crippen LogP contribution < -0.4 is 5.32 Å². The first-order valence-corrected chi connectivity index (χ1v) is 8.54. The molecule has 1 atom stereocenters. The van der Waals surface area contributed by atoms with Gasteiger partial charge in [0.05, 0.1) is 0 Å². The van der Waals surface area contributed by atoms with Crippen molar-refractivity contribution >= 4 is 37.8 Å². The number of hydrogen-bond donors (Lipinski definition) is 1. The van der Waals surface area contributed by atoms with Gasteiger partial charge in [0.25, 0.3) is 0 Å². The van der Waals surface area contributed by atoms with Crippen molar-refractivity contribution in [3.63, 3.8) is 0 Å². The summed E-state index contributed by atoms with van der Waals surface area (Å²) in [7, 11) is 0. The first kappa shape index (κ1) is 17.7. The van der Waals surface area contributed by atoms with E-state index in [2.05, 4.69) is 50.2 Å². The Morgan fingerprint density at radius 2 is 1.95 bits per heavy atom. The lowest BCUT2D eigenvalue weighted by atomic mass is 10.1. The van der Waals surface area contributed by atoms with Crippen molar-refractivity contribution in [3.05, 3.63) is 32.7 Å². The van der Waals surface area contributed by atoms with Gasteiger partial charge in [-0.3, -0.25) is 4.79 Å². The van der Waals surface area contributed by atoms with Crippen molar-refractivity contribution in [3.8, 4) is 0 Å². The average Bonchev–Trinajstić information content (AvgIpc) is 2.39. The summed E-state index contributed by atoms with van der Waals surface area (Å²) in [5.41, 5.74) is 1.20. The lowest BCUT2D eigenvalue weighted by molar-refractivity contribution is -0.130. The highest BCUT2D eigenvalue weighted by atomic mass is 79.9. The Balaban J connectivity index is 2.47. The molecule has 0 radical (unpaired) electrons. The molecule has 3 nitrogen and oxygen atoms in total. The van der Waals surface area contributed by atoms with Crippen molar-refractivity contribution < 1.29 is 4.79 Å². The summed E-state index contributed by atoms with van der Waals surface area (Å²) in [5, 5.41) is 3.40. The van der Waals surface area contributed by atoms with E-state index >= 15 is 0 Å². The maximum Gasteiger partial charge on any atom is 0.223 e. The van der Waals surface area contributed by atoms with Crippen LogP contribution in [0, 0.1) is 0 Å². The normalized spacial score (nSPS) is 12.2. The van der Waals surface area contributed by atoms with Crippen LogP contribution >= 0.6 is 31.9 Å². The Bertz CT molecular complexity index is 447. The van der Waals surface area contributed by atoms with Crippen LogP contribution in [-0.2, 0) is 4.79 Å². The molecular formula is C15H22Br2N2O. The van der Waals surface area contributed by atoms with Crippen molar-refractivity contribution in [2.45, 2.75) is 33.2 Å². The third kappa shape index (κ3) is 5.19. The fourth-order valence-electron chi connectivity index (χ4n) is 2.09. The molecule has 0 aliphatic carbocycles. The average molecular weight is 406 g/mol. The van der Waals surface area contributed by atoms with Crippen LogP contribution in [0.2, 0.25) is 0 Å². The molecule has 0 heterocycles. The number of nitrogens with zero attached hydrogens (tertiary/aromatic N) is 1. The highest BCUT2D eigenvalue weighted by Gasteiger charge is 2.12. The molecule has 0 bridgehead atoms. The minimum atomic E-state index is 0.210. The zero-order valence-corrected chi connectivity index (χ0v) is 15.4. The minimum absolute atomic E-state index is 0.210. The van der Waals surface area contributed by atoms with Gasteiger partial charge in [0.2, 0.25) is 5.91 Å². The van der Waals surface area contributed by atoms with Crippen molar-refractivity contribution in [1.82, 2.24) is 10.2 Å². The fourth-order valence-corrected chi connectivity index (χ4v) is 3.48. The summed E-state index contributed by atoms with van der Waals surface area (Å²) >= 11 is 7.02. The fraction of sp³-hybridized carbons (Fsp3) is 0.533. The summed E-state index contributed by atoms with van der Waals surface area (Å²) in [6, 6.07) is 6.35. The molecular weight excluding hydrogens is 384 g/mol. The topological polar surface area (TPSA) is 32.3 Å². The largest absolute Gasteiger partial charge is 0.343 e. The minimum Gasteiger partial charge on any atom is -0.343 e. The van der Waals surface area contributed by atoms with Crippen molar-refractivity contribution in [2.24, 2.45) is 0 Å². The van der Waals surface area contributed by atoms with E-state index in [9.17, 15) is 4.79 Å². The zero-order valence-electron chi connectivity index (χ0n) is 12.2. The van der Waals surface area contributed by atoms with Crippen LogP contribution in [0.5, 0.6) is 0 Å². The number of carbonyl (C=O) groups excluding carboxylic acids is 1. The second-order valence-corrected chi connectivity index (χ2v) is 6.43. The third-order valence-electron chi connectivity index (χ3n) is 3.33. The van der Waals surface area contributed by atoms with E-state index in [1.165, 1.54) is 5.56 Å². The van der Waals surface area contributed by atoms with Crippen molar-refractivity contribution in [1.29, 1.82) is 0 Å². The third-order valence-corrected chi connectivity index (χ3v) is 4.51. The van der Waals surface area contributed by atoms with Gasteiger partial charge < -0.3 is 10.2 Å². The Labute approximate surface area is 138 Å². The van der Waals surface area contributed by atoms with Gasteiger partial charge >= 0.3 is 0 Å². The van der Waals surface area contributed by atoms with E-state index in [1.807, 2.05) is 30.9 Å². The second-order valence-electron chi connectivity index (χ2n) is 4.66. The maximum absolute atomic E-state index is 11.9. The number of rotatable bonds is 7. The van der Waals surface area contributed by atoms with E-state index in [1.54, 1.807) is 0 Å². The van der Waals surface area contributed by atoms with Crippen LogP contribution in [0.25, 0.3) is 0 Å². The first-order chi connectivity index (χ1) is 9.49. The summed E-state index contributed by atoms with van der Waals surface area (Å²) < 4.78 is 2.12. The standard InChI is InChI=1S/C15H22Br2N2O/c1-4-19(5-2)15(20)8-9-18-11(3)13-7-6-12(16)10-14(13)17/h6-7,10-11,18H,4-5,8-9H2,1-3H3. The molecule has 0 saturated heterocycles. The van der Waals surface area contributed by atoms with E-state index < -0.39 is 0 Å². The molecule has 5 heteroatoms. The van der Waals surface area contributed by atoms with E-state index in [4.69, 9.17) is 0 Å². The Kier molecular flexibility index (Phi) is 7.77. The predicted octanol–water partition coefficient (Wildman–Crippen LogP) is 4.12. The number of benzene rings is 1. The lowest BCUT2D eigenvalue weighted by Crippen LogP contribution is -2.33. The number of hydrogen-bond acceptors (Lipinski definition) is 2. The molecule has 0 fully saturated rings. The van der Waals surface area contributed by atoms with Crippen molar-refractivity contribution in [2.75, 3.05) is 19.6 Å². The number of halogens is 2. The van der Waals surface area contributed by atoms with Gasteiger partial charge in [-0.15, -0.1) is 0 Å². The molecule has 1 amide bonds. The molecule has 0 aliphatic rings. The highest BCUT2D eigenvalue weighted by Crippen LogP contribution is 2.26. The van der Waals surface area contributed by atoms with Gasteiger partial charge in [0, 0.05) is 41.0 Å². The molecule has 20 heavy (non-hydrogen) atoms. The predicted molar refractivity (Wildman–Crippen MR) is 90.8 cm³/mol. The molecule has 0 aliphatic heterocycles. The van der Waals surface area contributed by atoms with E-state index in [0.29, 0.717) is 13.0 Å². The molecule has 1 aromatic carbocycles. The van der Waals surface area contributed by atoms with Gasteiger partial charge in [-0.25, -0.2) is 0 Å². The van der Waals surface area contributed by atoms with E-state index in [0.717, 1.165) is 22.0 Å². The SMILES string of the molecule is CCN(CC)C(=O)CCNC(C)c1ccc(Br)cc1Br. The number of nitrogens with one attached hydrogen (secondary N) is 1. The van der Waals surface area contributed by atoms with Crippen LogP contribution in [0.1, 0.15) is 38.8 Å². The smallest absolute Gasteiger partial charge is 0.223 e. The zero-order chi connectivity index (χ0) is 15.1. The Morgan fingerprint density at radius 1 is 1.30 bits per heavy atom. The highest BCUT2D eigenvalue weighted by molar-refractivity contribution is 9.11. The molecule has 0 spiro atoms. The Morgan fingerprint density at radius 3 is 2.50 bits per heavy atom. The molecule has 1 aromatic rings. The Hall–Kier alpha value is -0.390. The summed E-state index contributed by atoms with van der Waals surface area (Å²) in [6.07, 6.45) is 0.542. The van der Waals surface area contributed by atoms with Crippen LogP contribution in [0.3, 0.4) is 0 Å². The van der Waals surface area contributed by atoms with Gasteiger partial charge in [0.15, 0.2) is 0 Å². The molecule has 112 valence electrons. The quantitative estimate of drug-likeness (QED) is 0.739. The van der Waals surface area contributed by atoms with Crippen LogP contribution in [0.15, 0.2) is 27.1 Å². The molecule has 1 unspecified atom stereocenters. The lowest BCUT2D eigenvalue weighted by Gasteiger charge is -2.20. The molecule has 1 N–H and O–H groups in total. The number of carbonyl (C=O) groups is 1. The van der Waals surface area contributed by atoms with Gasteiger partial charge in [-0.2, -0.15) is 0 Å². The van der Waals surface area contributed by atoms with Crippen LogP contribution in [-0.4, -0.2) is 30.4 Å².